The quantitative estimate of drug-likeness (QED) is 0.529. The molecule has 29 heavy (non-hydrogen) atoms. The zero-order valence-electron chi connectivity index (χ0n) is 16.7. The van der Waals surface area contributed by atoms with Crippen LogP contribution in [0, 0.1) is 0 Å². The number of nitrogens with one attached hydrogen (secondary N) is 1. The van der Waals surface area contributed by atoms with Gasteiger partial charge in [0.2, 0.25) is 5.91 Å². The molecule has 2 aromatic rings. The van der Waals surface area contributed by atoms with E-state index < -0.39 is 6.04 Å². The van der Waals surface area contributed by atoms with Crippen molar-refractivity contribution in [3.63, 3.8) is 0 Å². The number of rotatable bonds is 10. The van der Waals surface area contributed by atoms with E-state index in [-0.39, 0.29) is 25.0 Å². The Morgan fingerprint density at radius 3 is 2.45 bits per heavy atom. The van der Waals surface area contributed by atoms with Crippen LogP contribution < -0.4 is 10.1 Å². The average molecular weight is 482 g/mol. The van der Waals surface area contributed by atoms with Crippen LogP contribution in [0.4, 0.5) is 0 Å². The molecule has 156 valence electrons. The lowest BCUT2D eigenvalue weighted by atomic mass is 10.1. The SMILES string of the molecule is CCCNC(=O)[C@H](CC)N(Cc1ccccc1Cl)C(=O)COc1ccc(Br)cc1. The Morgan fingerprint density at radius 1 is 1.14 bits per heavy atom. The summed E-state index contributed by atoms with van der Waals surface area (Å²) in [4.78, 5) is 27.3. The van der Waals surface area contributed by atoms with Gasteiger partial charge in [-0.25, -0.2) is 0 Å². The maximum Gasteiger partial charge on any atom is 0.261 e. The molecule has 2 amide bonds. The van der Waals surface area contributed by atoms with Crippen molar-refractivity contribution in [3.05, 3.63) is 63.6 Å². The number of hydrogen-bond acceptors (Lipinski definition) is 3. The number of carbonyl (C=O) groups excluding carboxylic acids is 2. The second kappa shape index (κ2) is 11.8. The molecule has 0 aliphatic heterocycles. The van der Waals surface area contributed by atoms with Crippen molar-refractivity contribution in [2.75, 3.05) is 13.2 Å². The van der Waals surface area contributed by atoms with Crippen LogP contribution in [0.15, 0.2) is 53.0 Å². The van der Waals surface area contributed by atoms with Gasteiger partial charge in [0.05, 0.1) is 0 Å². The van der Waals surface area contributed by atoms with Crippen LogP contribution in [0.25, 0.3) is 0 Å². The molecule has 0 saturated carbocycles. The van der Waals surface area contributed by atoms with Crippen LogP contribution in [0.3, 0.4) is 0 Å². The zero-order chi connectivity index (χ0) is 21.2. The van der Waals surface area contributed by atoms with Crippen LogP contribution in [0.5, 0.6) is 5.75 Å². The second-order valence-electron chi connectivity index (χ2n) is 6.57. The van der Waals surface area contributed by atoms with Crippen LogP contribution in [-0.2, 0) is 16.1 Å². The van der Waals surface area contributed by atoms with E-state index in [1.54, 1.807) is 23.1 Å². The first-order valence-corrected chi connectivity index (χ1v) is 10.8. The largest absolute Gasteiger partial charge is 0.484 e. The minimum Gasteiger partial charge on any atom is -0.484 e. The third kappa shape index (κ3) is 7.05. The third-order valence-corrected chi connectivity index (χ3v) is 5.31. The van der Waals surface area contributed by atoms with Gasteiger partial charge >= 0.3 is 0 Å². The topological polar surface area (TPSA) is 58.6 Å². The standard InChI is InChI=1S/C22H26BrClN2O3/c1-3-13-25-22(28)20(4-2)26(14-16-7-5-6-8-19(16)24)21(27)15-29-18-11-9-17(23)10-12-18/h5-12,20H,3-4,13-15H2,1-2H3,(H,25,28)/t20-/m0/s1. The fourth-order valence-corrected chi connectivity index (χ4v) is 3.31. The van der Waals surface area contributed by atoms with Gasteiger partial charge in [0.25, 0.3) is 5.91 Å². The monoisotopic (exact) mass is 480 g/mol. The van der Waals surface area contributed by atoms with Gasteiger partial charge in [-0.3, -0.25) is 9.59 Å². The number of nitrogens with zero attached hydrogens (tertiary/aromatic N) is 1. The predicted molar refractivity (Wildman–Crippen MR) is 119 cm³/mol. The second-order valence-corrected chi connectivity index (χ2v) is 7.89. The van der Waals surface area contributed by atoms with Crippen molar-refractivity contribution in [2.24, 2.45) is 0 Å². The first-order chi connectivity index (χ1) is 14.0. The molecule has 0 radical (unpaired) electrons. The molecule has 0 aromatic heterocycles. The van der Waals surface area contributed by atoms with Gasteiger partial charge in [0.15, 0.2) is 6.61 Å². The van der Waals surface area contributed by atoms with Crippen molar-refractivity contribution in [3.8, 4) is 5.75 Å². The van der Waals surface area contributed by atoms with Crippen LogP contribution in [0.2, 0.25) is 5.02 Å². The molecule has 2 rings (SSSR count). The lowest BCUT2D eigenvalue weighted by Gasteiger charge is -2.30. The number of benzene rings is 2. The molecule has 5 nitrogen and oxygen atoms in total. The van der Waals surface area contributed by atoms with Crippen molar-refractivity contribution in [1.82, 2.24) is 10.2 Å². The highest BCUT2D eigenvalue weighted by molar-refractivity contribution is 9.10. The molecule has 1 atom stereocenters. The van der Waals surface area contributed by atoms with Crippen LogP contribution in [0.1, 0.15) is 32.3 Å². The number of ether oxygens (including phenoxy) is 1. The Morgan fingerprint density at radius 2 is 1.83 bits per heavy atom. The Labute approximate surface area is 185 Å². The summed E-state index contributed by atoms with van der Waals surface area (Å²) in [5.74, 6) is 0.146. The molecule has 7 heteroatoms. The van der Waals surface area contributed by atoms with Crippen LogP contribution >= 0.6 is 27.5 Å². The molecule has 0 unspecified atom stereocenters. The van der Waals surface area contributed by atoms with E-state index in [1.165, 1.54) is 0 Å². The van der Waals surface area contributed by atoms with E-state index in [0.717, 1.165) is 16.5 Å². The summed E-state index contributed by atoms with van der Waals surface area (Å²) in [6.07, 6.45) is 1.32. The fourth-order valence-electron chi connectivity index (χ4n) is 2.85. The Balaban J connectivity index is 2.19. The highest BCUT2D eigenvalue weighted by Crippen LogP contribution is 2.20. The third-order valence-electron chi connectivity index (χ3n) is 4.41. The summed E-state index contributed by atoms with van der Waals surface area (Å²) in [6, 6.07) is 14.0. The number of carbonyl (C=O) groups is 2. The predicted octanol–water partition coefficient (Wildman–Crippen LogP) is 4.81. The van der Waals surface area contributed by atoms with Crippen LogP contribution in [-0.4, -0.2) is 35.9 Å². The molecule has 0 aliphatic carbocycles. The number of hydrogen-bond donors (Lipinski definition) is 1. The summed E-state index contributed by atoms with van der Waals surface area (Å²) in [7, 11) is 0. The van der Waals surface area contributed by atoms with Crippen molar-refractivity contribution in [1.29, 1.82) is 0 Å². The molecular weight excluding hydrogens is 456 g/mol. The van der Waals surface area contributed by atoms with E-state index in [2.05, 4.69) is 21.2 Å². The highest BCUT2D eigenvalue weighted by atomic mass is 79.9. The molecule has 0 heterocycles. The smallest absolute Gasteiger partial charge is 0.261 e. The highest BCUT2D eigenvalue weighted by Gasteiger charge is 2.29. The lowest BCUT2D eigenvalue weighted by molar-refractivity contribution is -0.143. The van der Waals surface area contributed by atoms with Crippen molar-refractivity contribution < 1.29 is 14.3 Å². The van der Waals surface area contributed by atoms with Gasteiger partial charge in [0, 0.05) is 22.6 Å². The number of halogens is 2. The van der Waals surface area contributed by atoms with Crippen molar-refractivity contribution in [2.45, 2.75) is 39.3 Å². The molecule has 0 aliphatic rings. The minimum atomic E-state index is -0.598. The van der Waals surface area contributed by atoms with Crippen molar-refractivity contribution >= 4 is 39.3 Å². The fraction of sp³-hybridized carbons (Fsp3) is 0.364. The molecule has 1 N–H and O–H groups in total. The number of amides is 2. The maximum absolute atomic E-state index is 13.0. The molecular formula is C22H26BrClN2O3. The van der Waals surface area contributed by atoms with E-state index in [0.29, 0.717) is 23.7 Å². The van der Waals surface area contributed by atoms with Gasteiger partial charge in [-0.2, -0.15) is 0 Å². The van der Waals surface area contributed by atoms with Gasteiger partial charge in [-0.15, -0.1) is 0 Å². The Kier molecular flexibility index (Phi) is 9.48. The Bertz CT molecular complexity index is 814. The van der Waals surface area contributed by atoms with Gasteiger partial charge < -0.3 is 15.0 Å². The summed E-state index contributed by atoms with van der Waals surface area (Å²) in [5.41, 5.74) is 0.785. The normalized spacial score (nSPS) is 11.6. The summed E-state index contributed by atoms with van der Waals surface area (Å²) in [6.45, 7) is 4.52. The summed E-state index contributed by atoms with van der Waals surface area (Å²) in [5, 5.41) is 3.45. The molecule has 2 aromatic carbocycles. The average Bonchev–Trinajstić information content (AvgIpc) is 2.72. The lowest BCUT2D eigenvalue weighted by Crippen LogP contribution is -2.50. The van der Waals surface area contributed by atoms with E-state index in [9.17, 15) is 9.59 Å². The first-order valence-electron chi connectivity index (χ1n) is 9.65. The molecule has 0 bridgehead atoms. The van der Waals surface area contributed by atoms with Gasteiger partial charge in [-0.1, -0.05) is 59.6 Å². The summed E-state index contributed by atoms with van der Waals surface area (Å²) < 4.78 is 6.58. The molecule has 0 spiro atoms. The summed E-state index contributed by atoms with van der Waals surface area (Å²) >= 11 is 9.67. The maximum atomic E-state index is 13.0. The van der Waals surface area contributed by atoms with E-state index >= 15 is 0 Å². The molecule has 0 saturated heterocycles. The minimum absolute atomic E-state index is 0.163. The molecule has 0 fully saturated rings. The van der Waals surface area contributed by atoms with E-state index in [1.807, 2.05) is 44.2 Å². The first kappa shape index (κ1) is 23.2. The van der Waals surface area contributed by atoms with E-state index in [4.69, 9.17) is 16.3 Å². The van der Waals surface area contributed by atoms with Gasteiger partial charge in [0.1, 0.15) is 11.8 Å². The zero-order valence-corrected chi connectivity index (χ0v) is 19.0. The Hall–Kier alpha value is -2.05. The van der Waals surface area contributed by atoms with Gasteiger partial charge in [-0.05, 0) is 48.7 Å².